The van der Waals surface area contributed by atoms with Crippen molar-refractivity contribution in [3.8, 4) is 0 Å². The lowest BCUT2D eigenvalue weighted by atomic mass is 9.80. The Morgan fingerprint density at radius 1 is 1.33 bits per heavy atom. The van der Waals surface area contributed by atoms with Crippen molar-refractivity contribution < 1.29 is 14.6 Å². The summed E-state index contributed by atoms with van der Waals surface area (Å²) in [7, 11) is 0. The van der Waals surface area contributed by atoms with Gasteiger partial charge in [0.15, 0.2) is 0 Å². The third-order valence-electron chi connectivity index (χ3n) is 4.08. The summed E-state index contributed by atoms with van der Waals surface area (Å²) < 4.78 is 11.5. The number of ether oxygens (including phenoxy) is 2. The molecule has 2 rings (SSSR count). The van der Waals surface area contributed by atoms with Crippen molar-refractivity contribution in [3.05, 3.63) is 35.9 Å². The summed E-state index contributed by atoms with van der Waals surface area (Å²) >= 11 is 0. The van der Waals surface area contributed by atoms with Gasteiger partial charge in [0.2, 0.25) is 0 Å². The molecule has 1 saturated heterocycles. The highest BCUT2D eigenvalue weighted by Gasteiger charge is 2.45. The molecular weight excluding hydrogens is 228 g/mol. The Bertz CT molecular complexity index is 375. The second kappa shape index (κ2) is 5.39. The summed E-state index contributed by atoms with van der Waals surface area (Å²) in [6.07, 6.45) is -0.208. The van der Waals surface area contributed by atoms with Crippen LogP contribution >= 0.6 is 0 Å². The largest absolute Gasteiger partial charge is 0.387 e. The molecular formula is C15H22O3. The smallest absolute Gasteiger partial charge is 0.110 e. The van der Waals surface area contributed by atoms with Crippen LogP contribution in [-0.4, -0.2) is 29.5 Å². The molecule has 0 saturated carbocycles. The van der Waals surface area contributed by atoms with E-state index in [4.69, 9.17) is 9.47 Å². The molecule has 1 aromatic rings. The maximum atomic E-state index is 10.5. The lowest BCUT2D eigenvalue weighted by Crippen LogP contribution is -2.56. The lowest BCUT2D eigenvalue weighted by molar-refractivity contribution is -0.219. The van der Waals surface area contributed by atoms with Crippen LogP contribution in [0.5, 0.6) is 0 Å². The molecule has 1 N–H and O–H groups in total. The molecule has 1 heterocycles. The van der Waals surface area contributed by atoms with Gasteiger partial charge in [-0.05, 0) is 19.4 Å². The second-order valence-corrected chi connectivity index (χ2v) is 5.34. The van der Waals surface area contributed by atoms with Gasteiger partial charge >= 0.3 is 0 Å². The molecule has 3 nitrogen and oxygen atoms in total. The molecule has 1 aliphatic rings. The van der Waals surface area contributed by atoms with E-state index in [1.54, 1.807) is 0 Å². The minimum Gasteiger partial charge on any atom is -0.387 e. The summed E-state index contributed by atoms with van der Waals surface area (Å²) in [6.45, 7) is 6.79. The zero-order valence-corrected chi connectivity index (χ0v) is 11.3. The van der Waals surface area contributed by atoms with E-state index < -0.39 is 5.60 Å². The molecule has 0 bridgehead atoms. The Balaban J connectivity index is 1.97. The molecule has 0 aliphatic carbocycles. The van der Waals surface area contributed by atoms with Gasteiger partial charge in [-0.25, -0.2) is 0 Å². The standard InChI is InChI=1S/C15H22O3/c1-11-12(2)17-10-14(15(11,3)16)18-9-13-7-5-4-6-8-13/h4-8,11-12,14,16H,9-10H2,1-3H3/t11-,12?,14?,15+/m1/s1. The van der Waals surface area contributed by atoms with Crippen LogP contribution in [0.25, 0.3) is 0 Å². The summed E-state index contributed by atoms with van der Waals surface area (Å²) in [5.41, 5.74) is 0.270. The third-order valence-corrected chi connectivity index (χ3v) is 4.08. The highest BCUT2D eigenvalue weighted by atomic mass is 16.6. The van der Waals surface area contributed by atoms with E-state index in [0.717, 1.165) is 5.56 Å². The maximum Gasteiger partial charge on any atom is 0.110 e. The van der Waals surface area contributed by atoms with Gasteiger partial charge in [-0.2, -0.15) is 0 Å². The number of hydrogen-bond acceptors (Lipinski definition) is 3. The third kappa shape index (κ3) is 2.74. The fourth-order valence-corrected chi connectivity index (χ4v) is 2.31. The summed E-state index contributed by atoms with van der Waals surface area (Å²) in [5, 5.41) is 10.5. The van der Waals surface area contributed by atoms with E-state index in [2.05, 4.69) is 0 Å². The van der Waals surface area contributed by atoms with Gasteiger partial charge in [-0.3, -0.25) is 0 Å². The predicted octanol–water partition coefficient (Wildman–Crippen LogP) is 2.38. The van der Waals surface area contributed by atoms with Gasteiger partial charge in [-0.1, -0.05) is 37.3 Å². The molecule has 0 spiro atoms. The van der Waals surface area contributed by atoms with E-state index in [0.29, 0.717) is 13.2 Å². The molecule has 1 aromatic carbocycles. The highest BCUT2D eigenvalue weighted by Crippen LogP contribution is 2.32. The van der Waals surface area contributed by atoms with Gasteiger partial charge in [-0.15, -0.1) is 0 Å². The van der Waals surface area contributed by atoms with Gasteiger partial charge in [0.05, 0.1) is 24.9 Å². The van der Waals surface area contributed by atoms with Crippen LogP contribution in [-0.2, 0) is 16.1 Å². The number of aliphatic hydroxyl groups is 1. The molecule has 18 heavy (non-hydrogen) atoms. The molecule has 0 aromatic heterocycles. The van der Waals surface area contributed by atoms with Crippen molar-refractivity contribution in [2.45, 2.75) is 45.2 Å². The van der Waals surface area contributed by atoms with Crippen LogP contribution in [0.3, 0.4) is 0 Å². The Morgan fingerprint density at radius 2 is 2.00 bits per heavy atom. The normalized spacial score (nSPS) is 36.6. The van der Waals surface area contributed by atoms with Gasteiger partial charge < -0.3 is 14.6 Å². The maximum absolute atomic E-state index is 10.5. The van der Waals surface area contributed by atoms with Crippen molar-refractivity contribution in [2.75, 3.05) is 6.61 Å². The molecule has 0 radical (unpaired) electrons. The van der Waals surface area contributed by atoms with Crippen molar-refractivity contribution in [2.24, 2.45) is 5.92 Å². The molecule has 4 atom stereocenters. The second-order valence-electron chi connectivity index (χ2n) is 5.34. The summed E-state index contributed by atoms with van der Waals surface area (Å²) in [6, 6.07) is 9.99. The van der Waals surface area contributed by atoms with Crippen LogP contribution < -0.4 is 0 Å². The van der Waals surface area contributed by atoms with Crippen molar-refractivity contribution in [3.63, 3.8) is 0 Å². The fourth-order valence-electron chi connectivity index (χ4n) is 2.31. The first kappa shape index (κ1) is 13.5. The van der Waals surface area contributed by atoms with Crippen LogP contribution in [0, 0.1) is 5.92 Å². The van der Waals surface area contributed by atoms with Crippen molar-refractivity contribution in [1.82, 2.24) is 0 Å². The number of rotatable bonds is 3. The van der Waals surface area contributed by atoms with Gasteiger partial charge in [0, 0.05) is 5.92 Å². The molecule has 2 unspecified atom stereocenters. The average molecular weight is 250 g/mol. The predicted molar refractivity (Wildman–Crippen MR) is 70.2 cm³/mol. The number of benzene rings is 1. The Hall–Kier alpha value is -0.900. The van der Waals surface area contributed by atoms with Crippen molar-refractivity contribution >= 4 is 0 Å². The monoisotopic (exact) mass is 250 g/mol. The fraction of sp³-hybridized carbons (Fsp3) is 0.600. The first-order chi connectivity index (χ1) is 8.51. The van der Waals surface area contributed by atoms with E-state index in [1.807, 2.05) is 51.1 Å². The summed E-state index contributed by atoms with van der Waals surface area (Å²) in [5.74, 6) is 0.0621. The Labute approximate surface area is 109 Å². The van der Waals surface area contributed by atoms with E-state index in [1.165, 1.54) is 0 Å². The summed E-state index contributed by atoms with van der Waals surface area (Å²) in [4.78, 5) is 0. The molecule has 100 valence electrons. The van der Waals surface area contributed by atoms with Gasteiger partial charge in [0.25, 0.3) is 0 Å². The quantitative estimate of drug-likeness (QED) is 0.895. The minimum absolute atomic E-state index is 0.0621. The van der Waals surface area contributed by atoms with E-state index in [-0.39, 0.29) is 18.1 Å². The van der Waals surface area contributed by atoms with Crippen LogP contribution in [0.15, 0.2) is 30.3 Å². The first-order valence-electron chi connectivity index (χ1n) is 6.51. The minimum atomic E-state index is -0.841. The first-order valence-corrected chi connectivity index (χ1v) is 6.51. The topological polar surface area (TPSA) is 38.7 Å². The van der Waals surface area contributed by atoms with E-state index >= 15 is 0 Å². The Morgan fingerprint density at radius 3 is 2.67 bits per heavy atom. The van der Waals surface area contributed by atoms with E-state index in [9.17, 15) is 5.11 Å². The number of hydrogen-bond donors (Lipinski definition) is 1. The molecule has 1 aliphatic heterocycles. The van der Waals surface area contributed by atoms with Crippen LogP contribution in [0.1, 0.15) is 26.3 Å². The van der Waals surface area contributed by atoms with Gasteiger partial charge in [0.1, 0.15) is 6.10 Å². The van der Waals surface area contributed by atoms with Crippen LogP contribution in [0.2, 0.25) is 0 Å². The SMILES string of the molecule is CC1OCC(OCc2ccccc2)[C@@](C)(O)[C@@H]1C. The average Bonchev–Trinajstić information content (AvgIpc) is 2.37. The Kier molecular flexibility index (Phi) is 4.05. The van der Waals surface area contributed by atoms with Crippen molar-refractivity contribution in [1.29, 1.82) is 0 Å². The molecule has 0 amide bonds. The highest BCUT2D eigenvalue weighted by molar-refractivity contribution is 5.13. The zero-order chi connectivity index (χ0) is 13.2. The van der Waals surface area contributed by atoms with Crippen LogP contribution in [0.4, 0.5) is 0 Å². The lowest BCUT2D eigenvalue weighted by Gasteiger charge is -2.44. The molecule has 3 heteroatoms. The molecule has 1 fully saturated rings. The zero-order valence-electron chi connectivity index (χ0n) is 11.3.